The highest BCUT2D eigenvalue weighted by Crippen LogP contribution is 2.30. The van der Waals surface area contributed by atoms with Gasteiger partial charge in [-0.1, -0.05) is 12.1 Å². The van der Waals surface area contributed by atoms with Gasteiger partial charge in [-0.05, 0) is 25.3 Å². The maximum Gasteiger partial charge on any atom is 0.345 e. The van der Waals surface area contributed by atoms with Crippen LogP contribution in [0.2, 0.25) is 0 Å². The number of hydrogen-bond acceptors (Lipinski definition) is 3. The molecule has 4 nitrogen and oxygen atoms in total. The number of rotatable bonds is 1. The van der Waals surface area contributed by atoms with Crippen molar-refractivity contribution in [1.29, 1.82) is 0 Å². The summed E-state index contributed by atoms with van der Waals surface area (Å²) in [6.07, 6.45) is 2.74. The summed E-state index contributed by atoms with van der Waals surface area (Å²) < 4.78 is 19.3. The van der Waals surface area contributed by atoms with E-state index in [1.807, 2.05) is 0 Å². The molecular weight excluding hydrogens is 235 g/mol. The molecule has 1 atom stereocenters. The summed E-state index contributed by atoms with van der Waals surface area (Å²) in [4.78, 5) is 17.9. The predicted molar refractivity (Wildman–Crippen MR) is 64.9 cm³/mol. The van der Waals surface area contributed by atoms with Crippen LogP contribution < -0.4 is 5.69 Å². The lowest BCUT2D eigenvalue weighted by Crippen LogP contribution is -2.20. The van der Waals surface area contributed by atoms with Gasteiger partial charge < -0.3 is 9.72 Å². The summed E-state index contributed by atoms with van der Waals surface area (Å²) in [5.41, 5.74) is 0.228. The second-order valence-electron chi connectivity index (χ2n) is 4.45. The molecule has 0 spiro atoms. The van der Waals surface area contributed by atoms with E-state index >= 15 is 0 Å². The molecule has 1 aromatic carbocycles. The molecule has 1 unspecified atom stereocenters. The first-order valence-corrected chi connectivity index (χ1v) is 6.06. The van der Waals surface area contributed by atoms with Crippen molar-refractivity contribution in [2.45, 2.75) is 25.4 Å². The fourth-order valence-corrected chi connectivity index (χ4v) is 2.38. The van der Waals surface area contributed by atoms with E-state index in [9.17, 15) is 9.18 Å². The highest BCUT2D eigenvalue weighted by atomic mass is 19.1. The molecule has 0 aliphatic carbocycles. The molecule has 94 valence electrons. The van der Waals surface area contributed by atoms with Crippen LogP contribution in [0.3, 0.4) is 0 Å². The SMILES string of the molecule is O=c1nc2c(F)cccc2c(C2CCCCO2)[nH]1. The molecule has 1 aliphatic rings. The average Bonchev–Trinajstić information content (AvgIpc) is 2.40. The molecule has 1 N–H and O–H groups in total. The van der Waals surface area contributed by atoms with Crippen molar-refractivity contribution in [3.05, 3.63) is 40.2 Å². The molecule has 18 heavy (non-hydrogen) atoms. The number of H-pyrrole nitrogens is 1. The van der Waals surface area contributed by atoms with Crippen LogP contribution >= 0.6 is 0 Å². The van der Waals surface area contributed by atoms with Crippen LogP contribution in [0.15, 0.2) is 23.0 Å². The van der Waals surface area contributed by atoms with Gasteiger partial charge in [-0.25, -0.2) is 9.18 Å². The molecule has 2 aromatic rings. The summed E-state index contributed by atoms with van der Waals surface area (Å²) in [5, 5.41) is 0.626. The first-order valence-electron chi connectivity index (χ1n) is 6.06. The minimum Gasteiger partial charge on any atom is -0.372 e. The van der Waals surface area contributed by atoms with Crippen LogP contribution in [0.1, 0.15) is 31.1 Å². The second kappa shape index (κ2) is 4.49. The molecule has 1 fully saturated rings. The zero-order valence-corrected chi connectivity index (χ0v) is 9.78. The van der Waals surface area contributed by atoms with Crippen molar-refractivity contribution in [1.82, 2.24) is 9.97 Å². The number of hydrogen-bond donors (Lipinski definition) is 1. The van der Waals surface area contributed by atoms with E-state index in [0.29, 0.717) is 17.7 Å². The molecule has 5 heteroatoms. The molecule has 2 heterocycles. The lowest BCUT2D eigenvalue weighted by molar-refractivity contribution is 0.0131. The standard InChI is InChI=1S/C13H13FN2O2/c14-9-5-3-4-8-11(9)15-13(17)16-12(8)10-6-1-2-7-18-10/h3-5,10H,1-2,6-7H2,(H,15,16,17). The third-order valence-electron chi connectivity index (χ3n) is 3.23. The highest BCUT2D eigenvalue weighted by molar-refractivity contribution is 5.81. The largest absolute Gasteiger partial charge is 0.372 e. The smallest absolute Gasteiger partial charge is 0.345 e. The molecule has 0 bridgehead atoms. The van der Waals surface area contributed by atoms with E-state index in [2.05, 4.69) is 9.97 Å². The third-order valence-corrected chi connectivity index (χ3v) is 3.23. The number of nitrogens with one attached hydrogen (secondary N) is 1. The van der Waals surface area contributed by atoms with Gasteiger partial charge in [-0.3, -0.25) is 0 Å². The number of para-hydroxylation sites is 1. The van der Waals surface area contributed by atoms with E-state index in [1.165, 1.54) is 6.07 Å². The maximum atomic E-state index is 13.7. The van der Waals surface area contributed by atoms with Crippen LogP contribution in [0.4, 0.5) is 4.39 Å². The molecule has 1 saturated heterocycles. The Kier molecular flexibility index (Phi) is 2.83. The van der Waals surface area contributed by atoms with E-state index in [1.54, 1.807) is 12.1 Å². The topological polar surface area (TPSA) is 55.0 Å². The number of aromatic amines is 1. The Morgan fingerprint density at radius 1 is 1.39 bits per heavy atom. The van der Waals surface area contributed by atoms with E-state index in [4.69, 9.17) is 4.74 Å². The molecule has 0 amide bonds. The van der Waals surface area contributed by atoms with Gasteiger partial charge in [0.1, 0.15) is 11.3 Å². The molecular formula is C13H13FN2O2. The predicted octanol–water partition coefficient (Wildman–Crippen LogP) is 2.30. The van der Waals surface area contributed by atoms with Crippen molar-refractivity contribution < 1.29 is 9.13 Å². The van der Waals surface area contributed by atoms with Crippen LogP contribution in [-0.2, 0) is 4.74 Å². The third kappa shape index (κ3) is 1.90. The van der Waals surface area contributed by atoms with Crippen molar-refractivity contribution in [2.75, 3.05) is 6.61 Å². The van der Waals surface area contributed by atoms with Crippen LogP contribution in [0.5, 0.6) is 0 Å². The lowest BCUT2D eigenvalue weighted by Gasteiger charge is -2.23. The average molecular weight is 248 g/mol. The van der Waals surface area contributed by atoms with Gasteiger partial charge in [0.15, 0.2) is 0 Å². The Labute approximate surface area is 103 Å². The zero-order valence-electron chi connectivity index (χ0n) is 9.78. The number of ether oxygens (including phenoxy) is 1. The Morgan fingerprint density at radius 3 is 3.06 bits per heavy atom. The number of aromatic nitrogens is 2. The first kappa shape index (κ1) is 11.3. The molecule has 1 aromatic heterocycles. The fraction of sp³-hybridized carbons (Fsp3) is 0.385. The Balaban J connectivity index is 2.21. The number of halogens is 1. The van der Waals surface area contributed by atoms with Gasteiger partial charge in [0, 0.05) is 12.0 Å². The Bertz CT molecular complexity index is 632. The number of benzene rings is 1. The maximum absolute atomic E-state index is 13.7. The summed E-state index contributed by atoms with van der Waals surface area (Å²) in [5.74, 6) is -0.476. The van der Waals surface area contributed by atoms with Crippen molar-refractivity contribution >= 4 is 10.9 Å². The Morgan fingerprint density at radius 2 is 2.28 bits per heavy atom. The molecule has 1 aliphatic heterocycles. The van der Waals surface area contributed by atoms with Gasteiger partial charge in [0.05, 0.1) is 11.8 Å². The lowest BCUT2D eigenvalue weighted by atomic mass is 10.0. The van der Waals surface area contributed by atoms with E-state index < -0.39 is 11.5 Å². The van der Waals surface area contributed by atoms with Crippen molar-refractivity contribution in [3.63, 3.8) is 0 Å². The van der Waals surface area contributed by atoms with E-state index in [-0.39, 0.29) is 11.6 Å². The zero-order chi connectivity index (χ0) is 12.5. The monoisotopic (exact) mass is 248 g/mol. The Hall–Kier alpha value is -1.75. The molecule has 3 rings (SSSR count). The van der Waals surface area contributed by atoms with Gasteiger partial charge in [0.2, 0.25) is 0 Å². The van der Waals surface area contributed by atoms with Gasteiger partial charge >= 0.3 is 5.69 Å². The summed E-state index contributed by atoms with van der Waals surface area (Å²) in [6, 6.07) is 4.68. The van der Waals surface area contributed by atoms with Crippen molar-refractivity contribution in [2.24, 2.45) is 0 Å². The second-order valence-corrected chi connectivity index (χ2v) is 4.45. The van der Waals surface area contributed by atoms with Gasteiger partial charge in [0.25, 0.3) is 0 Å². The van der Waals surface area contributed by atoms with Crippen LogP contribution in [0, 0.1) is 5.82 Å². The minimum absolute atomic E-state index is 0.116. The quantitative estimate of drug-likeness (QED) is 0.842. The highest BCUT2D eigenvalue weighted by Gasteiger charge is 2.20. The van der Waals surface area contributed by atoms with Crippen LogP contribution in [-0.4, -0.2) is 16.6 Å². The summed E-state index contributed by atoms with van der Waals surface area (Å²) in [6.45, 7) is 0.672. The molecule has 0 saturated carbocycles. The molecule has 0 radical (unpaired) electrons. The number of fused-ring (bicyclic) bond motifs is 1. The summed E-state index contributed by atoms with van der Waals surface area (Å²) in [7, 11) is 0. The van der Waals surface area contributed by atoms with Crippen LogP contribution in [0.25, 0.3) is 10.9 Å². The first-order chi connectivity index (χ1) is 8.75. The normalized spacial score (nSPS) is 20.2. The van der Waals surface area contributed by atoms with E-state index in [0.717, 1.165) is 19.3 Å². The van der Waals surface area contributed by atoms with Crippen molar-refractivity contribution in [3.8, 4) is 0 Å². The minimum atomic E-state index is -0.531. The fourth-order valence-electron chi connectivity index (χ4n) is 2.38. The summed E-state index contributed by atoms with van der Waals surface area (Å²) >= 11 is 0. The van der Waals surface area contributed by atoms with Gasteiger partial charge in [-0.15, -0.1) is 0 Å². The van der Waals surface area contributed by atoms with Gasteiger partial charge in [-0.2, -0.15) is 4.98 Å². The number of nitrogens with zero attached hydrogens (tertiary/aromatic N) is 1.